The lowest BCUT2D eigenvalue weighted by molar-refractivity contribution is -0.358. The lowest BCUT2D eigenvalue weighted by Crippen LogP contribution is -2.66. The first-order chi connectivity index (χ1) is 9.85. The maximum atomic E-state index is 10.5. The van der Waals surface area contributed by atoms with Crippen LogP contribution in [-0.4, -0.2) is 65.8 Å². The quantitative estimate of drug-likeness (QED) is 0.783. The summed E-state index contributed by atoms with van der Waals surface area (Å²) in [5, 5.41) is 20.8. The van der Waals surface area contributed by atoms with Crippen molar-refractivity contribution in [3.63, 3.8) is 0 Å². The third kappa shape index (κ3) is 3.75. The Hall–Kier alpha value is -0.240. The molecule has 2 saturated heterocycles. The number of ether oxygens (including phenoxy) is 4. The summed E-state index contributed by atoms with van der Waals surface area (Å²) in [6.07, 6.45) is -1.92. The van der Waals surface area contributed by atoms with Gasteiger partial charge in [-0.1, -0.05) is 0 Å². The molecule has 6 nitrogen and oxygen atoms in total. The molecule has 2 N–H and O–H groups in total. The lowest BCUT2D eigenvalue weighted by Gasteiger charge is -2.48. The highest BCUT2D eigenvalue weighted by molar-refractivity contribution is 4.99. The third-order valence-corrected chi connectivity index (χ3v) is 3.87. The normalized spacial score (nSPS) is 40.6. The van der Waals surface area contributed by atoms with Crippen LogP contribution in [0.4, 0.5) is 0 Å². The van der Waals surface area contributed by atoms with Gasteiger partial charge in [-0.2, -0.15) is 0 Å². The van der Waals surface area contributed by atoms with Gasteiger partial charge in [-0.25, -0.2) is 0 Å². The summed E-state index contributed by atoms with van der Waals surface area (Å²) in [6, 6.07) is 0. The summed E-state index contributed by atoms with van der Waals surface area (Å²) >= 11 is 0. The summed E-state index contributed by atoms with van der Waals surface area (Å²) < 4.78 is 23.0. The number of rotatable bonds is 5. The zero-order chi connectivity index (χ0) is 15.6. The SMILES string of the molecule is CC(C)OC[C@H]1OC2(CCCO2)[C@H](O)[C@@H](O)[C@@H]1OC(C)C. The molecule has 2 aliphatic heterocycles. The number of aliphatic hydroxyl groups is 2. The minimum atomic E-state index is -1.12. The van der Waals surface area contributed by atoms with Gasteiger partial charge in [0.15, 0.2) is 5.79 Å². The van der Waals surface area contributed by atoms with E-state index in [1.54, 1.807) is 0 Å². The van der Waals surface area contributed by atoms with E-state index in [0.29, 0.717) is 19.6 Å². The number of aliphatic hydroxyl groups excluding tert-OH is 2. The molecule has 2 aliphatic rings. The first kappa shape index (κ1) is 17.1. The van der Waals surface area contributed by atoms with E-state index < -0.39 is 30.2 Å². The zero-order valence-corrected chi connectivity index (χ0v) is 13.3. The van der Waals surface area contributed by atoms with E-state index in [4.69, 9.17) is 18.9 Å². The van der Waals surface area contributed by atoms with Crippen molar-refractivity contribution >= 4 is 0 Å². The Morgan fingerprint density at radius 2 is 1.90 bits per heavy atom. The molecule has 0 aliphatic carbocycles. The zero-order valence-electron chi connectivity index (χ0n) is 13.3. The van der Waals surface area contributed by atoms with Crippen molar-refractivity contribution < 1.29 is 29.2 Å². The smallest absolute Gasteiger partial charge is 0.197 e. The minimum absolute atomic E-state index is 0.0535. The van der Waals surface area contributed by atoms with E-state index in [-0.39, 0.29) is 12.2 Å². The van der Waals surface area contributed by atoms with Gasteiger partial charge in [-0.05, 0) is 34.1 Å². The molecule has 5 atom stereocenters. The van der Waals surface area contributed by atoms with E-state index in [0.717, 1.165) is 6.42 Å². The average molecular weight is 304 g/mol. The first-order valence-electron chi connectivity index (χ1n) is 7.80. The maximum Gasteiger partial charge on any atom is 0.197 e. The van der Waals surface area contributed by atoms with Gasteiger partial charge in [0.1, 0.15) is 24.4 Å². The van der Waals surface area contributed by atoms with Crippen LogP contribution in [0.3, 0.4) is 0 Å². The van der Waals surface area contributed by atoms with Crippen molar-refractivity contribution in [1.82, 2.24) is 0 Å². The molecular formula is C15H28O6. The molecule has 6 heteroatoms. The summed E-state index contributed by atoms with van der Waals surface area (Å²) in [6.45, 7) is 8.47. The number of hydrogen-bond acceptors (Lipinski definition) is 6. The molecule has 2 heterocycles. The largest absolute Gasteiger partial charge is 0.387 e. The highest BCUT2D eigenvalue weighted by atomic mass is 16.7. The highest BCUT2D eigenvalue weighted by Crippen LogP contribution is 2.39. The van der Waals surface area contributed by atoms with Crippen molar-refractivity contribution in [1.29, 1.82) is 0 Å². The van der Waals surface area contributed by atoms with Gasteiger partial charge in [0, 0.05) is 6.42 Å². The molecule has 0 radical (unpaired) electrons. The van der Waals surface area contributed by atoms with E-state index in [1.807, 2.05) is 27.7 Å². The molecule has 0 amide bonds. The summed E-state index contributed by atoms with van der Waals surface area (Å²) in [5.74, 6) is -1.12. The van der Waals surface area contributed by atoms with Crippen LogP contribution in [0.15, 0.2) is 0 Å². The second-order valence-corrected chi connectivity index (χ2v) is 6.39. The van der Waals surface area contributed by atoms with Crippen LogP contribution in [0, 0.1) is 0 Å². The van der Waals surface area contributed by atoms with Crippen molar-refractivity contribution in [2.24, 2.45) is 0 Å². The van der Waals surface area contributed by atoms with E-state index in [1.165, 1.54) is 0 Å². The molecule has 2 rings (SSSR count). The predicted molar refractivity (Wildman–Crippen MR) is 75.9 cm³/mol. The third-order valence-electron chi connectivity index (χ3n) is 3.87. The number of hydrogen-bond donors (Lipinski definition) is 2. The van der Waals surface area contributed by atoms with Gasteiger partial charge in [-0.15, -0.1) is 0 Å². The van der Waals surface area contributed by atoms with Gasteiger partial charge in [0.05, 0.1) is 25.4 Å². The Bertz CT molecular complexity index is 326. The Balaban J connectivity index is 2.14. The van der Waals surface area contributed by atoms with Crippen LogP contribution >= 0.6 is 0 Å². The minimum Gasteiger partial charge on any atom is -0.387 e. The standard InChI is InChI=1S/C15H28O6/c1-9(2)18-8-11-13(20-10(3)4)12(16)14(17)15(21-11)6-5-7-19-15/h9-14,16-17H,5-8H2,1-4H3/t11-,12+,13-,14-,15?/m1/s1. The predicted octanol–water partition coefficient (Wildman–Crippen LogP) is 0.832. The Labute approximate surface area is 126 Å². The summed E-state index contributed by atoms with van der Waals surface area (Å²) in [5.41, 5.74) is 0. The van der Waals surface area contributed by atoms with Crippen LogP contribution in [-0.2, 0) is 18.9 Å². The maximum absolute atomic E-state index is 10.5. The molecule has 0 aromatic heterocycles. The molecule has 2 fully saturated rings. The summed E-state index contributed by atoms with van der Waals surface area (Å²) in [7, 11) is 0. The molecule has 21 heavy (non-hydrogen) atoms. The van der Waals surface area contributed by atoms with Gasteiger partial charge in [0.2, 0.25) is 0 Å². The van der Waals surface area contributed by atoms with Crippen LogP contribution in [0.5, 0.6) is 0 Å². The van der Waals surface area contributed by atoms with Gasteiger partial charge in [0.25, 0.3) is 0 Å². The van der Waals surface area contributed by atoms with Crippen LogP contribution in [0.2, 0.25) is 0 Å². The fraction of sp³-hybridized carbons (Fsp3) is 1.00. The lowest BCUT2D eigenvalue weighted by atomic mass is 9.90. The molecular weight excluding hydrogens is 276 g/mol. The van der Waals surface area contributed by atoms with Crippen molar-refractivity contribution in [3.8, 4) is 0 Å². The molecule has 0 saturated carbocycles. The van der Waals surface area contributed by atoms with E-state index in [2.05, 4.69) is 0 Å². The molecule has 0 aromatic rings. The summed E-state index contributed by atoms with van der Waals surface area (Å²) in [4.78, 5) is 0. The van der Waals surface area contributed by atoms with Crippen LogP contribution in [0.1, 0.15) is 40.5 Å². The van der Waals surface area contributed by atoms with Gasteiger partial charge < -0.3 is 29.2 Å². The molecule has 0 aromatic carbocycles. The average Bonchev–Trinajstić information content (AvgIpc) is 2.87. The Morgan fingerprint density at radius 1 is 1.19 bits per heavy atom. The van der Waals surface area contributed by atoms with Crippen LogP contribution in [0.25, 0.3) is 0 Å². The molecule has 1 unspecified atom stereocenters. The van der Waals surface area contributed by atoms with Gasteiger partial charge in [-0.3, -0.25) is 0 Å². The molecule has 1 spiro atoms. The second kappa shape index (κ2) is 6.89. The monoisotopic (exact) mass is 304 g/mol. The topological polar surface area (TPSA) is 77.4 Å². The first-order valence-corrected chi connectivity index (χ1v) is 7.80. The molecule has 124 valence electrons. The second-order valence-electron chi connectivity index (χ2n) is 6.39. The fourth-order valence-electron chi connectivity index (χ4n) is 2.91. The van der Waals surface area contributed by atoms with Crippen molar-refractivity contribution in [2.45, 2.75) is 82.9 Å². The van der Waals surface area contributed by atoms with Gasteiger partial charge >= 0.3 is 0 Å². The van der Waals surface area contributed by atoms with E-state index in [9.17, 15) is 10.2 Å². The Morgan fingerprint density at radius 3 is 2.43 bits per heavy atom. The highest BCUT2D eigenvalue weighted by Gasteiger charge is 2.56. The van der Waals surface area contributed by atoms with E-state index >= 15 is 0 Å². The van der Waals surface area contributed by atoms with Crippen molar-refractivity contribution in [2.75, 3.05) is 13.2 Å². The van der Waals surface area contributed by atoms with Crippen molar-refractivity contribution in [3.05, 3.63) is 0 Å². The van der Waals surface area contributed by atoms with Crippen LogP contribution < -0.4 is 0 Å². The Kier molecular flexibility index (Phi) is 5.62. The molecule has 0 bridgehead atoms. The fourth-order valence-corrected chi connectivity index (χ4v) is 2.91.